The van der Waals surface area contributed by atoms with Gasteiger partial charge in [0.15, 0.2) is 0 Å². The molecule has 0 atom stereocenters. The van der Waals surface area contributed by atoms with E-state index in [2.05, 4.69) is 21.2 Å². The molecule has 3 rings (SSSR count). The van der Waals surface area contributed by atoms with Crippen molar-refractivity contribution in [2.75, 3.05) is 5.32 Å². The Labute approximate surface area is 181 Å². The molecule has 0 saturated heterocycles. The highest BCUT2D eigenvalue weighted by Crippen LogP contribution is 2.22. The number of nitrogens with one attached hydrogen (secondary N) is 1. The van der Waals surface area contributed by atoms with Crippen LogP contribution in [0.5, 0.6) is 0 Å². The SMILES string of the molecule is Cc1cc(C)n(CC(=O)Nc2ccc(Br)cc2F)c(=O)c1S(=O)(=O)c1ccccc1. The van der Waals surface area contributed by atoms with Gasteiger partial charge in [-0.1, -0.05) is 34.1 Å². The second-order valence-corrected chi connectivity index (χ2v) is 9.48. The first kappa shape index (κ1) is 21.9. The molecule has 2 aromatic carbocycles. The van der Waals surface area contributed by atoms with Crippen molar-refractivity contribution in [2.45, 2.75) is 30.2 Å². The molecule has 0 aliphatic rings. The Hall–Kier alpha value is -2.78. The van der Waals surface area contributed by atoms with Crippen molar-refractivity contribution in [3.8, 4) is 0 Å². The summed E-state index contributed by atoms with van der Waals surface area (Å²) < 4.78 is 41.6. The number of carbonyl (C=O) groups is 1. The molecular weight excluding hydrogens is 475 g/mol. The van der Waals surface area contributed by atoms with Crippen LogP contribution >= 0.6 is 15.9 Å². The number of pyridine rings is 1. The van der Waals surface area contributed by atoms with Gasteiger partial charge in [-0.3, -0.25) is 9.59 Å². The quantitative estimate of drug-likeness (QED) is 0.586. The normalized spacial score (nSPS) is 11.3. The van der Waals surface area contributed by atoms with Crippen LogP contribution in [0.15, 0.2) is 73.7 Å². The maximum atomic E-state index is 14.0. The Bertz CT molecular complexity index is 1290. The molecule has 0 saturated carbocycles. The van der Waals surface area contributed by atoms with Gasteiger partial charge in [-0.2, -0.15) is 0 Å². The van der Waals surface area contributed by atoms with Gasteiger partial charge >= 0.3 is 0 Å². The fourth-order valence-electron chi connectivity index (χ4n) is 3.07. The minimum Gasteiger partial charge on any atom is -0.322 e. The summed E-state index contributed by atoms with van der Waals surface area (Å²) in [4.78, 5) is 25.1. The van der Waals surface area contributed by atoms with Crippen LogP contribution in [-0.4, -0.2) is 18.9 Å². The smallest absolute Gasteiger partial charge is 0.270 e. The number of hydrogen-bond donors (Lipinski definition) is 1. The van der Waals surface area contributed by atoms with Crippen molar-refractivity contribution >= 4 is 37.4 Å². The number of aryl methyl sites for hydroxylation is 2. The molecule has 9 heteroatoms. The lowest BCUT2D eigenvalue weighted by atomic mass is 10.2. The van der Waals surface area contributed by atoms with Crippen LogP contribution in [0.2, 0.25) is 0 Å². The van der Waals surface area contributed by atoms with Crippen molar-refractivity contribution in [3.05, 3.63) is 86.5 Å². The number of amides is 1. The Morgan fingerprint density at radius 2 is 1.77 bits per heavy atom. The average Bonchev–Trinajstić information content (AvgIpc) is 2.67. The molecule has 0 spiro atoms. The summed E-state index contributed by atoms with van der Waals surface area (Å²) in [6.07, 6.45) is 0. The van der Waals surface area contributed by atoms with Crippen molar-refractivity contribution in [1.29, 1.82) is 0 Å². The van der Waals surface area contributed by atoms with Gasteiger partial charge in [-0.05, 0) is 55.8 Å². The standard InChI is InChI=1S/C21H18BrFN2O4S/c1-13-10-14(2)25(12-19(26)24-18-9-8-15(22)11-17(18)23)21(27)20(13)30(28,29)16-6-4-3-5-7-16/h3-11H,12H2,1-2H3,(H,24,26). The second kappa shape index (κ2) is 8.53. The third-order valence-corrected chi connectivity index (χ3v) is 6.90. The molecule has 6 nitrogen and oxygen atoms in total. The highest BCUT2D eigenvalue weighted by Gasteiger charge is 2.26. The van der Waals surface area contributed by atoms with Crippen LogP contribution in [0.25, 0.3) is 0 Å². The van der Waals surface area contributed by atoms with Gasteiger partial charge in [0.1, 0.15) is 17.3 Å². The number of anilines is 1. The van der Waals surface area contributed by atoms with E-state index in [9.17, 15) is 22.4 Å². The van der Waals surface area contributed by atoms with Crippen LogP contribution in [-0.2, 0) is 21.2 Å². The van der Waals surface area contributed by atoms with E-state index in [-0.39, 0.29) is 21.0 Å². The molecule has 0 bridgehead atoms. The first-order valence-corrected chi connectivity index (χ1v) is 11.1. The van der Waals surface area contributed by atoms with Gasteiger partial charge in [0.05, 0.1) is 10.6 Å². The Kier molecular flexibility index (Phi) is 6.23. The van der Waals surface area contributed by atoms with Crippen LogP contribution < -0.4 is 10.9 Å². The number of rotatable bonds is 5. The van der Waals surface area contributed by atoms with Gasteiger partial charge in [0.25, 0.3) is 5.56 Å². The summed E-state index contributed by atoms with van der Waals surface area (Å²) in [6.45, 7) is 2.67. The molecule has 30 heavy (non-hydrogen) atoms. The lowest BCUT2D eigenvalue weighted by Gasteiger charge is -2.15. The molecule has 3 aromatic rings. The van der Waals surface area contributed by atoms with Crippen LogP contribution in [0.4, 0.5) is 10.1 Å². The van der Waals surface area contributed by atoms with E-state index in [0.717, 1.165) is 4.57 Å². The van der Waals surface area contributed by atoms with E-state index < -0.39 is 33.7 Å². The first-order chi connectivity index (χ1) is 14.1. The van der Waals surface area contributed by atoms with Crippen molar-refractivity contribution in [3.63, 3.8) is 0 Å². The maximum absolute atomic E-state index is 14.0. The third-order valence-electron chi connectivity index (χ3n) is 4.48. The van der Waals surface area contributed by atoms with E-state index in [0.29, 0.717) is 10.2 Å². The van der Waals surface area contributed by atoms with Crippen molar-refractivity contribution in [1.82, 2.24) is 4.57 Å². The van der Waals surface area contributed by atoms with Crippen molar-refractivity contribution < 1.29 is 17.6 Å². The summed E-state index contributed by atoms with van der Waals surface area (Å²) in [7, 11) is -4.08. The number of sulfone groups is 1. The number of benzene rings is 2. The number of aromatic nitrogens is 1. The Morgan fingerprint density at radius 1 is 1.10 bits per heavy atom. The predicted octanol–water partition coefficient (Wildman–Crippen LogP) is 3.84. The van der Waals surface area contributed by atoms with Gasteiger partial charge in [-0.25, -0.2) is 12.8 Å². The molecule has 1 heterocycles. The first-order valence-electron chi connectivity index (χ1n) is 8.87. The third kappa shape index (κ3) is 4.36. The summed E-state index contributed by atoms with van der Waals surface area (Å²) in [6, 6.07) is 13.3. The number of nitrogens with zero attached hydrogens (tertiary/aromatic N) is 1. The monoisotopic (exact) mass is 492 g/mol. The van der Waals surface area contributed by atoms with E-state index >= 15 is 0 Å². The predicted molar refractivity (Wildman–Crippen MR) is 115 cm³/mol. The average molecular weight is 493 g/mol. The van der Waals surface area contributed by atoms with Gasteiger partial charge < -0.3 is 9.88 Å². The van der Waals surface area contributed by atoms with E-state index in [1.54, 1.807) is 31.2 Å². The molecule has 0 radical (unpaired) electrons. The molecule has 1 N–H and O–H groups in total. The zero-order valence-corrected chi connectivity index (χ0v) is 18.6. The molecule has 1 amide bonds. The molecule has 0 unspecified atom stereocenters. The minimum atomic E-state index is -4.08. The summed E-state index contributed by atoms with van der Waals surface area (Å²) in [5.41, 5.74) is -0.145. The largest absolute Gasteiger partial charge is 0.322 e. The lowest BCUT2D eigenvalue weighted by Crippen LogP contribution is -2.33. The Morgan fingerprint density at radius 3 is 2.40 bits per heavy atom. The van der Waals surface area contributed by atoms with Gasteiger partial charge in [0.2, 0.25) is 15.7 Å². The highest BCUT2D eigenvalue weighted by molar-refractivity contribution is 9.10. The summed E-state index contributed by atoms with van der Waals surface area (Å²) in [5.74, 6) is -1.30. The van der Waals surface area contributed by atoms with Crippen LogP contribution in [0.1, 0.15) is 11.3 Å². The van der Waals surface area contributed by atoms with Gasteiger partial charge in [-0.15, -0.1) is 0 Å². The molecule has 0 aliphatic heterocycles. The highest BCUT2D eigenvalue weighted by atomic mass is 79.9. The molecular formula is C21H18BrFN2O4S. The van der Waals surface area contributed by atoms with Crippen LogP contribution in [0.3, 0.4) is 0 Å². The summed E-state index contributed by atoms with van der Waals surface area (Å²) in [5, 5.41) is 2.40. The molecule has 0 fully saturated rings. The lowest BCUT2D eigenvalue weighted by molar-refractivity contribution is -0.116. The fraction of sp³-hybridized carbons (Fsp3) is 0.143. The summed E-state index contributed by atoms with van der Waals surface area (Å²) >= 11 is 3.13. The zero-order valence-electron chi connectivity index (χ0n) is 16.1. The zero-order chi connectivity index (χ0) is 22.1. The number of halogens is 2. The Balaban J connectivity index is 1.99. The van der Waals surface area contributed by atoms with E-state index in [1.807, 2.05) is 0 Å². The molecule has 156 valence electrons. The van der Waals surface area contributed by atoms with Crippen molar-refractivity contribution in [2.24, 2.45) is 0 Å². The fourth-order valence-corrected chi connectivity index (χ4v) is 4.98. The minimum absolute atomic E-state index is 0.0120. The van der Waals surface area contributed by atoms with Gasteiger partial charge in [0, 0.05) is 10.2 Å². The van der Waals surface area contributed by atoms with E-state index in [1.165, 1.54) is 37.3 Å². The maximum Gasteiger partial charge on any atom is 0.270 e. The molecule has 0 aliphatic carbocycles. The molecule has 1 aromatic heterocycles. The number of carbonyl (C=O) groups excluding carboxylic acids is 1. The van der Waals surface area contributed by atoms with Crippen LogP contribution in [0, 0.1) is 19.7 Å². The second-order valence-electron chi connectivity index (χ2n) is 6.68. The van der Waals surface area contributed by atoms with E-state index in [4.69, 9.17) is 0 Å². The topological polar surface area (TPSA) is 85.2 Å². The number of hydrogen-bond acceptors (Lipinski definition) is 4.